The smallest absolute Gasteiger partial charge is 0.0602 e. The van der Waals surface area contributed by atoms with Crippen molar-refractivity contribution >= 4 is 0 Å². The predicted octanol–water partition coefficient (Wildman–Crippen LogP) is 1.14. The van der Waals surface area contributed by atoms with Crippen molar-refractivity contribution in [2.75, 3.05) is 6.61 Å². The minimum absolute atomic E-state index is 0.0122. The molecule has 12 heavy (non-hydrogen) atoms. The van der Waals surface area contributed by atoms with E-state index in [-0.39, 0.29) is 12.5 Å². The molecule has 0 amide bonds. The molecular weight excluding hydrogens is 152 g/mol. The third kappa shape index (κ3) is 2.06. The van der Waals surface area contributed by atoms with Gasteiger partial charge in [0.05, 0.1) is 12.7 Å². The first-order valence-corrected chi connectivity index (χ1v) is 4.09. The van der Waals surface area contributed by atoms with E-state index in [1.165, 1.54) is 0 Å². The Hall–Kier alpha value is -0.860. The van der Waals surface area contributed by atoms with E-state index in [0.717, 1.165) is 5.56 Å². The van der Waals surface area contributed by atoms with Gasteiger partial charge in [-0.3, -0.25) is 0 Å². The second kappa shape index (κ2) is 4.24. The zero-order valence-electron chi connectivity index (χ0n) is 7.14. The van der Waals surface area contributed by atoms with Crippen molar-refractivity contribution in [3.05, 3.63) is 35.9 Å². The van der Waals surface area contributed by atoms with Crippen LogP contribution in [0.2, 0.25) is 0 Å². The maximum Gasteiger partial charge on any atom is 0.0602 e. The molecule has 0 unspecified atom stereocenters. The highest BCUT2D eigenvalue weighted by Crippen LogP contribution is 2.18. The van der Waals surface area contributed by atoms with Crippen molar-refractivity contribution < 1.29 is 10.2 Å². The Morgan fingerprint density at radius 2 is 1.83 bits per heavy atom. The summed E-state index contributed by atoms with van der Waals surface area (Å²) in [5.74, 6) is -0.161. The van der Waals surface area contributed by atoms with Crippen molar-refractivity contribution in [1.29, 1.82) is 0 Å². The summed E-state index contributed by atoms with van der Waals surface area (Å²) in [7, 11) is 0. The van der Waals surface area contributed by atoms with Crippen molar-refractivity contribution in [1.82, 2.24) is 0 Å². The molecule has 0 fully saturated rings. The molecule has 0 aromatic heterocycles. The fourth-order valence-electron chi connectivity index (χ4n) is 1.24. The Morgan fingerprint density at radius 3 is 2.25 bits per heavy atom. The summed E-state index contributed by atoms with van der Waals surface area (Å²) in [5.41, 5.74) is 0.981. The van der Waals surface area contributed by atoms with E-state index in [9.17, 15) is 5.11 Å². The molecule has 2 nitrogen and oxygen atoms in total. The van der Waals surface area contributed by atoms with Gasteiger partial charge in [-0.2, -0.15) is 0 Å². The summed E-state index contributed by atoms with van der Waals surface area (Å²) in [6.07, 6.45) is -0.502. The van der Waals surface area contributed by atoms with Crippen LogP contribution in [-0.4, -0.2) is 22.9 Å². The number of rotatable bonds is 3. The van der Waals surface area contributed by atoms with Crippen molar-refractivity contribution in [3.63, 3.8) is 0 Å². The normalized spacial score (nSPS) is 15.6. The maximum atomic E-state index is 9.31. The Labute approximate surface area is 72.5 Å². The van der Waals surface area contributed by atoms with E-state index in [4.69, 9.17) is 5.11 Å². The summed E-state index contributed by atoms with van der Waals surface area (Å²) < 4.78 is 0. The average Bonchev–Trinajstić information content (AvgIpc) is 2.07. The Morgan fingerprint density at radius 1 is 1.25 bits per heavy atom. The molecule has 1 rings (SSSR count). The van der Waals surface area contributed by atoms with Crippen LogP contribution in [-0.2, 0) is 0 Å². The van der Waals surface area contributed by atoms with Crippen LogP contribution < -0.4 is 0 Å². The molecule has 0 saturated carbocycles. The van der Waals surface area contributed by atoms with Gasteiger partial charge >= 0.3 is 0 Å². The first kappa shape index (κ1) is 9.23. The maximum absolute atomic E-state index is 9.31. The van der Waals surface area contributed by atoms with Crippen LogP contribution in [0.5, 0.6) is 0 Å². The first-order valence-electron chi connectivity index (χ1n) is 4.09. The molecule has 66 valence electrons. The van der Waals surface area contributed by atoms with E-state index < -0.39 is 6.10 Å². The minimum atomic E-state index is -0.502. The Kier molecular flexibility index (Phi) is 3.26. The monoisotopic (exact) mass is 166 g/mol. The minimum Gasteiger partial charge on any atom is -0.396 e. The van der Waals surface area contributed by atoms with Gasteiger partial charge in [0.15, 0.2) is 0 Å². The van der Waals surface area contributed by atoms with E-state index in [2.05, 4.69) is 0 Å². The molecule has 0 heterocycles. The molecule has 0 radical (unpaired) electrons. The molecule has 1 aromatic carbocycles. The van der Waals surface area contributed by atoms with Crippen LogP contribution in [0.15, 0.2) is 30.3 Å². The number of hydrogen-bond donors (Lipinski definition) is 2. The van der Waals surface area contributed by atoms with Crippen LogP contribution in [0, 0.1) is 0 Å². The lowest BCUT2D eigenvalue weighted by atomic mass is 9.95. The van der Waals surface area contributed by atoms with Gasteiger partial charge < -0.3 is 10.2 Å². The van der Waals surface area contributed by atoms with Crippen LogP contribution in [0.1, 0.15) is 18.4 Å². The molecule has 0 aliphatic heterocycles. The zero-order valence-corrected chi connectivity index (χ0v) is 7.14. The van der Waals surface area contributed by atoms with Crippen molar-refractivity contribution in [2.45, 2.75) is 18.9 Å². The highest BCUT2D eigenvalue weighted by molar-refractivity contribution is 5.20. The average molecular weight is 166 g/mol. The van der Waals surface area contributed by atoms with Crippen LogP contribution in [0.4, 0.5) is 0 Å². The standard InChI is InChI=1S/C10H14O2/c1-8(12)10(7-11)9-5-3-2-4-6-9/h2-6,8,10-12H,7H2,1H3/t8-,10-/m1/s1. The quantitative estimate of drug-likeness (QED) is 0.707. The summed E-state index contributed by atoms with van der Waals surface area (Å²) in [5, 5.41) is 18.3. The van der Waals surface area contributed by atoms with Gasteiger partial charge in [0, 0.05) is 5.92 Å². The van der Waals surface area contributed by atoms with Gasteiger partial charge in [-0.15, -0.1) is 0 Å². The highest BCUT2D eigenvalue weighted by Gasteiger charge is 2.14. The molecule has 2 N–H and O–H groups in total. The molecule has 0 bridgehead atoms. The fourth-order valence-corrected chi connectivity index (χ4v) is 1.24. The van der Waals surface area contributed by atoms with Crippen molar-refractivity contribution in [2.24, 2.45) is 0 Å². The Bertz CT molecular complexity index is 219. The zero-order chi connectivity index (χ0) is 8.97. The highest BCUT2D eigenvalue weighted by atomic mass is 16.3. The molecule has 0 saturated heterocycles. The molecular formula is C10H14O2. The van der Waals surface area contributed by atoms with E-state index in [1.54, 1.807) is 6.92 Å². The summed E-state index contributed by atoms with van der Waals surface area (Å²) in [4.78, 5) is 0. The van der Waals surface area contributed by atoms with Gasteiger partial charge in [0.25, 0.3) is 0 Å². The van der Waals surface area contributed by atoms with Gasteiger partial charge in [-0.1, -0.05) is 30.3 Å². The first-order chi connectivity index (χ1) is 5.75. The third-order valence-corrected chi connectivity index (χ3v) is 2.01. The number of aliphatic hydroxyl groups excluding tert-OH is 2. The molecule has 0 aliphatic carbocycles. The topological polar surface area (TPSA) is 40.5 Å². The third-order valence-electron chi connectivity index (χ3n) is 2.01. The molecule has 2 atom stereocenters. The lowest BCUT2D eigenvalue weighted by Crippen LogP contribution is -2.18. The lowest BCUT2D eigenvalue weighted by molar-refractivity contribution is 0.121. The van der Waals surface area contributed by atoms with Gasteiger partial charge in [-0.05, 0) is 12.5 Å². The largest absolute Gasteiger partial charge is 0.396 e. The van der Waals surface area contributed by atoms with Gasteiger partial charge in [0.2, 0.25) is 0 Å². The summed E-state index contributed by atoms with van der Waals surface area (Å²) in [6.45, 7) is 1.68. The second-order valence-corrected chi connectivity index (χ2v) is 2.94. The predicted molar refractivity (Wildman–Crippen MR) is 47.9 cm³/mol. The van der Waals surface area contributed by atoms with Crippen LogP contribution in [0.3, 0.4) is 0 Å². The Balaban J connectivity index is 2.80. The molecule has 0 aliphatic rings. The number of aliphatic hydroxyl groups is 2. The van der Waals surface area contributed by atoms with E-state index >= 15 is 0 Å². The van der Waals surface area contributed by atoms with Gasteiger partial charge in [0.1, 0.15) is 0 Å². The fraction of sp³-hybridized carbons (Fsp3) is 0.400. The molecule has 1 aromatic rings. The SMILES string of the molecule is C[C@@H](O)[C@@H](CO)c1ccccc1. The second-order valence-electron chi connectivity index (χ2n) is 2.94. The summed E-state index contributed by atoms with van der Waals surface area (Å²) >= 11 is 0. The van der Waals surface area contributed by atoms with E-state index in [1.807, 2.05) is 30.3 Å². The van der Waals surface area contributed by atoms with Crippen LogP contribution in [0.25, 0.3) is 0 Å². The lowest BCUT2D eigenvalue weighted by Gasteiger charge is -2.17. The molecule has 0 spiro atoms. The van der Waals surface area contributed by atoms with Crippen LogP contribution >= 0.6 is 0 Å². The number of benzene rings is 1. The summed E-state index contributed by atoms with van der Waals surface area (Å²) in [6, 6.07) is 9.54. The van der Waals surface area contributed by atoms with Gasteiger partial charge in [-0.25, -0.2) is 0 Å². The van der Waals surface area contributed by atoms with Crippen molar-refractivity contribution in [3.8, 4) is 0 Å². The molecule has 2 heteroatoms. The van der Waals surface area contributed by atoms with E-state index in [0.29, 0.717) is 0 Å². The number of hydrogen-bond acceptors (Lipinski definition) is 2.